The highest BCUT2D eigenvalue weighted by Crippen LogP contribution is 2.35. The summed E-state index contributed by atoms with van der Waals surface area (Å²) in [5, 5.41) is 14.1. The van der Waals surface area contributed by atoms with Crippen LogP contribution in [0.15, 0.2) is 24.3 Å². The van der Waals surface area contributed by atoms with E-state index in [1.165, 1.54) is 5.56 Å². The van der Waals surface area contributed by atoms with E-state index in [1.54, 1.807) is 0 Å². The molecule has 2 N–H and O–H groups in total. The first-order valence-corrected chi connectivity index (χ1v) is 6.19. The summed E-state index contributed by atoms with van der Waals surface area (Å²) in [6.07, 6.45) is 1.83. The molecule has 1 saturated heterocycles. The second-order valence-corrected chi connectivity index (χ2v) is 4.83. The molecule has 2 nitrogen and oxygen atoms in total. The van der Waals surface area contributed by atoms with Crippen LogP contribution in [0.5, 0.6) is 0 Å². The lowest BCUT2D eigenvalue weighted by atomic mass is 9.77. The van der Waals surface area contributed by atoms with Crippen LogP contribution in [0.25, 0.3) is 0 Å². The maximum Gasteiger partial charge on any atom is 0.0946 e. The number of nitrogens with one attached hydrogen (secondary N) is 1. The van der Waals surface area contributed by atoms with Gasteiger partial charge in [0.25, 0.3) is 0 Å². The van der Waals surface area contributed by atoms with Crippen molar-refractivity contribution in [1.82, 2.24) is 5.32 Å². The van der Waals surface area contributed by atoms with Crippen LogP contribution >= 0.6 is 0 Å². The van der Waals surface area contributed by atoms with Gasteiger partial charge in [-0.05, 0) is 30.5 Å². The summed E-state index contributed by atoms with van der Waals surface area (Å²) < 4.78 is 0. The summed E-state index contributed by atoms with van der Waals surface area (Å²) in [7, 11) is 0. The number of aryl methyl sites for hydroxylation is 1. The molecule has 0 radical (unpaired) electrons. The second-order valence-electron chi connectivity index (χ2n) is 4.83. The number of hydrogen-bond acceptors (Lipinski definition) is 2. The first kappa shape index (κ1) is 11.6. The lowest BCUT2D eigenvalue weighted by molar-refractivity contribution is -0.0392. The Morgan fingerprint density at radius 1 is 1.50 bits per heavy atom. The first-order chi connectivity index (χ1) is 7.66. The van der Waals surface area contributed by atoms with Crippen LogP contribution in [0.4, 0.5) is 0 Å². The molecule has 1 heterocycles. The van der Waals surface area contributed by atoms with Crippen LogP contribution in [-0.4, -0.2) is 18.2 Å². The minimum atomic E-state index is -0.642. The summed E-state index contributed by atoms with van der Waals surface area (Å²) in [6, 6.07) is 8.39. The monoisotopic (exact) mass is 219 g/mol. The molecule has 16 heavy (non-hydrogen) atoms. The minimum absolute atomic E-state index is 0.272. The van der Waals surface area contributed by atoms with Crippen molar-refractivity contribution >= 4 is 0 Å². The molecule has 0 spiro atoms. The van der Waals surface area contributed by atoms with Gasteiger partial charge >= 0.3 is 0 Å². The second kappa shape index (κ2) is 4.56. The third kappa shape index (κ3) is 2.00. The molecule has 0 amide bonds. The molecule has 88 valence electrons. The average molecular weight is 219 g/mol. The summed E-state index contributed by atoms with van der Waals surface area (Å²) >= 11 is 0. The fraction of sp³-hybridized carbons (Fsp3) is 0.571. The Balaban J connectivity index is 2.33. The van der Waals surface area contributed by atoms with Gasteiger partial charge in [0.2, 0.25) is 0 Å². The Morgan fingerprint density at radius 3 is 3.00 bits per heavy atom. The smallest absolute Gasteiger partial charge is 0.0946 e. The normalized spacial score (nSPS) is 30.3. The molecule has 0 bridgehead atoms. The number of benzene rings is 1. The molecule has 1 fully saturated rings. The van der Waals surface area contributed by atoms with Gasteiger partial charge < -0.3 is 10.4 Å². The summed E-state index contributed by atoms with van der Waals surface area (Å²) in [4.78, 5) is 0. The highest BCUT2D eigenvalue weighted by molar-refractivity contribution is 5.29. The molecular formula is C14H21NO. The third-order valence-corrected chi connectivity index (χ3v) is 3.78. The van der Waals surface area contributed by atoms with Crippen molar-refractivity contribution in [3.63, 3.8) is 0 Å². The third-order valence-electron chi connectivity index (χ3n) is 3.78. The van der Waals surface area contributed by atoms with Crippen LogP contribution in [0, 0.1) is 5.92 Å². The Kier molecular flexibility index (Phi) is 3.31. The molecule has 1 aromatic carbocycles. The van der Waals surface area contributed by atoms with E-state index in [1.807, 2.05) is 0 Å². The van der Waals surface area contributed by atoms with E-state index >= 15 is 0 Å². The van der Waals surface area contributed by atoms with E-state index in [2.05, 4.69) is 43.4 Å². The first-order valence-electron chi connectivity index (χ1n) is 6.19. The van der Waals surface area contributed by atoms with Gasteiger partial charge in [-0.25, -0.2) is 0 Å². The largest absolute Gasteiger partial charge is 0.385 e. The number of rotatable bonds is 2. The van der Waals surface area contributed by atoms with Gasteiger partial charge in [0.1, 0.15) is 0 Å². The van der Waals surface area contributed by atoms with Crippen molar-refractivity contribution in [2.24, 2.45) is 5.92 Å². The van der Waals surface area contributed by atoms with Gasteiger partial charge in [0.05, 0.1) is 5.60 Å². The van der Waals surface area contributed by atoms with Crippen molar-refractivity contribution in [2.45, 2.75) is 32.3 Å². The van der Waals surface area contributed by atoms with Gasteiger partial charge in [0.15, 0.2) is 0 Å². The lowest BCUT2D eigenvalue weighted by Gasteiger charge is -2.39. The fourth-order valence-corrected chi connectivity index (χ4v) is 2.50. The molecule has 1 aliphatic heterocycles. The molecule has 1 aliphatic rings. The highest BCUT2D eigenvalue weighted by atomic mass is 16.3. The summed E-state index contributed by atoms with van der Waals surface area (Å²) in [6.45, 7) is 6.06. The van der Waals surface area contributed by atoms with Gasteiger partial charge in [-0.2, -0.15) is 0 Å². The van der Waals surface area contributed by atoms with Crippen molar-refractivity contribution in [3.05, 3.63) is 35.4 Å². The molecule has 0 saturated carbocycles. The van der Waals surface area contributed by atoms with Crippen molar-refractivity contribution in [1.29, 1.82) is 0 Å². The standard InChI is InChI=1S/C14H21NO/c1-3-12-5-4-6-13(9-12)14(16)7-8-15-10-11(14)2/h4-6,9,11,15-16H,3,7-8,10H2,1-2H3. The zero-order valence-electron chi connectivity index (χ0n) is 10.2. The predicted octanol–water partition coefficient (Wildman–Crippen LogP) is 2.07. The molecular weight excluding hydrogens is 198 g/mol. The molecule has 0 aromatic heterocycles. The van der Waals surface area contributed by atoms with Crippen LogP contribution in [0.1, 0.15) is 31.4 Å². The Bertz CT molecular complexity index is 364. The van der Waals surface area contributed by atoms with E-state index in [0.29, 0.717) is 0 Å². The SMILES string of the molecule is CCc1cccc(C2(O)CCNCC2C)c1. The van der Waals surface area contributed by atoms with Crippen LogP contribution in [0.3, 0.4) is 0 Å². The molecule has 2 atom stereocenters. The molecule has 1 aromatic rings. The Hall–Kier alpha value is -0.860. The average Bonchev–Trinajstić information content (AvgIpc) is 2.33. The minimum Gasteiger partial charge on any atom is -0.385 e. The molecule has 2 unspecified atom stereocenters. The van der Waals surface area contributed by atoms with Gasteiger partial charge in [0, 0.05) is 12.5 Å². The number of hydrogen-bond donors (Lipinski definition) is 2. The zero-order valence-corrected chi connectivity index (χ0v) is 10.2. The Morgan fingerprint density at radius 2 is 2.31 bits per heavy atom. The van der Waals surface area contributed by atoms with E-state index in [9.17, 15) is 5.11 Å². The van der Waals surface area contributed by atoms with Crippen LogP contribution in [-0.2, 0) is 12.0 Å². The summed E-state index contributed by atoms with van der Waals surface area (Å²) in [5.41, 5.74) is 1.74. The van der Waals surface area contributed by atoms with Gasteiger partial charge in [-0.15, -0.1) is 0 Å². The molecule has 0 aliphatic carbocycles. The summed E-state index contributed by atoms with van der Waals surface area (Å²) in [5.74, 6) is 0.272. The van der Waals surface area contributed by atoms with Crippen LogP contribution in [0.2, 0.25) is 0 Å². The molecule has 2 rings (SSSR count). The van der Waals surface area contributed by atoms with Gasteiger partial charge in [-0.1, -0.05) is 38.1 Å². The van der Waals surface area contributed by atoms with Crippen molar-refractivity contribution in [2.75, 3.05) is 13.1 Å². The van der Waals surface area contributed by atoms with Crippen molar-refractivity contribution < 1.29 is 5.11 Å². The fourth-order valence-electron chi connectivity index (χ4n) is 2.50. The maximum absolute atomic E-state index is 10.8. The quantitative estimate of drug-likeness (QED) is 0.798. The van der Waals surface area contributed by atoms with E-state index in [-0.39, 0.29) is 5.92 Å². The van der Waals surface area contributed by atoms with E-state index in [4.69, 9.17) is 0 Å². The zero-order chi connectivity index (χ0) is 11.6. The maximum atomic E-state index is 10.8. The van der Waals surface area contributed by atoms with Crippen LogP contribution < -0.4 is 5.32 Å². The Labute approximate surface area is 97.7 Å². The van der Waals surface area contributed by atoms with E-state index in [0.717, 1.165) is 31.5 Å². The molecule has 2 heteroatoms. The van der Waals surface area contributed by atoms with Crippen molar-refractivity contribution in [3.8, 4) is 0 Å². The van der Waals surface area contributed by atoms with Gasteiger partial charge in [-0.3, -0.25) is 0 Å². The predicted molar refractivity (Wildman–Crippen MR) is 66.4 cm³/mol. The lowest BCUT2D eigenvalue weighted by Crippen LogP contribution is -2.46. The number of piperidine rings is 1. The number of aliphatic hydroxyl groups is 1. The highest BCUT2D eigenvalue weighted by Gasteiger charge is 2.37. The van der Waals surface area contributed by atoms with E-state index < -0.39 is 5.60 Å². The topological polar surface area (TPSA) is 32.3 Å².